The Morgan fingerprint density at radius 1 is 1.00 bits per heavy atom. The van der Waals surface area contributed by atoms with Crippen LogP contribution in [0.15, 0.2) is 66.7 Å². The predicted octanol–water partition coefficient (Wildman–Crippen LogP) is 1.63. The standard InChI is InChI=1S/C26H30N4O4/c1-30(26(33)18-10-6-3-7-11-18)20-15-21(25(32)29-34)23(28-16-20)24(31)22-14-19(12-13-27-22)17-8-4-2-5-9-17/h2-12,20-23,27-28,34H,13-16H2,1H3,(H,29,32)/t20?,21-,22?,23-/m0/s1. The van der Waals surface area contributed by atoms with Crippen molar-refractivity contribution in [1.29, 1.82) is 0 Å². The van der Waals surface area contributed by atoms with E-state index in [-0.39, 0.29) is 24.2 Å². The van der Waals surface area contributed by atoms with Crippen LogP contribution in [0.4, 0.5) is 0 Å². The number of amides is 2. The number of nitrogens with zero attached hydrogens (tertiary/aromatic N) is 1. The lowest BCUT2D eigenvalue weighted by atomic mass is 9.81. The summed E-state index contributed by atoms with van der Waals surface area (Å²) in [5.74, 6) is -1.72. The van der Waals surface area contributed by atoms with E-state index in [0.29, 0.717) is 25.1 Å². The average molecular weight is 463 g/mol. The van der Waals surface area contributed by atoms with Crippen LogP contribution in [-0.4, -0.2) is 66.0 Å². The van der Waals surface area contributed by atoms with Crippen molar-refractivity contribution in [2.75, 3.05) is 20.1 Å². The largest absolute Gasteiger partial charge is 0.337 e. The van der Waals surface area contributed by atoms with E-state index in [1.54, 1.807) is 41.7 Å². The Labute approximate surface area is 199 Å². The molecule has 0 spiro atoms. The molecule has 4 atom stereocenters. The molecule has 2 aliphatic rings. The number of hydroxylamine groups is 1. The van der Waals surface area contributed by atoms with Crippen LogP contribution in [0.1, 0.15) is 28.8 Å². The summed E-state index contributed by atoms with van der Waals surface area (Å²) in [6.45, 7) is 0.927. The van der Waals surface area contributed by atoms with Crippen molar-refractivity contribution in [2.45, 2.75) is 31.0 Å². The minimum atomic E-state index is -0.810. The van der Waals surface area contributed by atoms with E-state index in [4.69, 9.17) is 0 Å². The number of carbonyl (C=O) groups excluding carboxylic acids is 3. The van der Waals surface area contributed by atoms with E-state index >= 15 is 0 Å². The summed E-state index contributed by atoms with van der Waals surface area (Å²) < 4.78 is 0. The molecule has 1 saturated heterocycles. The molecule has 1 fully saturated rings. The molecule has 2 aromatic carbocycles. The highest BCUT2D eigenvalue weighted by Gasteiger charge is 2.43. The molecule has 8 heteroatoms. The molecule has 0 bridgehead atoms. The summed E-state index contributed by atoms with van der Waals surface area (Å²) >= 11 is 0. The van der Waals surface area contributed by atoms with Gasteiger partial charge in [-0.2, -0.15) is 0 Å². The smallest absolute Gasteiger partial charge is 0.253 e. The third-order valence-corrected chi connectivity index (χ3v) is 6.77. The summed E-state index contributed by atoms with van der Waals surface area (Å²) in [7, 11) is 1.69. The van der Waals surface area contributed by atoms with Crippen molar-refractivity contribution in [2.24, 2.45) is 5.92 Å². The molecule has 2 amide bonds. The van der Waals surface area contributed by atoms with Crippen LogP contribution in [0.25, 0.3) is 5.57 Å². The number of hydrogen-bond donors (Lipinski definition) is 4. The molecular formula is C26H30N4O4. The second-order valence-corrected chi connectivity index (χ2v) is 8.80. The lowest BCUT2D eigenvalue weighted by Crippen LogP contribution is -2.62. The zero-order valence-corrected chi connectivity index (χ0v) is 19.1. The quantitative estimate of drug-likeness (QED) is 0.384. The van der Waals surface area contributed by atoms with Gasteiger partial charge in [-0.25, -0.2) is 5.48 Å². The summed E-state index contributed by atoms with van der Waals surface area (Å²) in [4.78, 5) is 40.5. The van der Waals surface area contributed by atoms with E-state index in [2.05, 4.69) is 16.7 Å². The van der Waals surface area contributed by atoms with E-state index in [9.17, 15) is 19.6 Å². The summed E-state index contributed by atoms with van der Waals surface area (Å²) in [5, 5.41) is 15.8. The first-order chi connectivity index (χ1) is 16.5. The molecule has 0 saturated carbocycles. The van der Waals surface area contributed by atoms with Crippen LogP contribution in [0.2, 0.25) is 0 Å². The monoisotopic (exact) mass is 462 g/mol. The zero-order chi connectivity index (χ0) is 24.1. The predicted molar refractivity (Wildman–Crippen MR) is 128 cm³/mol. The van der Waals surface area contributed by atoms with Gasteiger partial charge in [0.15, 0.2) is 5.78 Å². The van der Waals surface area contributed by atoms with Gasteiger partial charge < -0.3 is 15.5 Å². The lowest BCUT2D eigenvalue weighted by Gasteiger charge is -2.40. The molecule has 8 nitrogen and oxygen atoms in total. The van der Waals surface area contributed by atoms with Crippen molar-refractivity contribution in [3.8, 4) is 0 Å². The summed E-state index contributed by atoms with van der Waals surface area (Å²) in [6, 6.07) is 17.3. The number of Topliss-reactive ketones (excluding diaryl/α,β-unsaturated/α-hetero) is 1. The fraction of sp³-hybridized carbons (Fsp3) is 0.346. The molecule has 2 aliphatic heterocycles. The first-order valence-electron chi connectivity index (χ1n) is 11.5. The average Bonchev–Trinajstić information content (AvgIpc) is 2.92. The van der Waals surface area contributed by atoms with Gasteiger partial charge in [0.1, 0.15) is 0 Å². The van der Waals surface area contributed by atoms with Crippen molar-refractivity contribution in [3.63, 3.8) is 0 Å². The Morgan fingerprint density at radius 3 is 2.35 bits per heavy atom. The van der Waals surface area contributed by atoms with Crippen LogP contribution >= 0.6 is 0 Å². The Hall–Kier alpha value is -3.33. The van der Waals surface area contributed by atoms with Gasteiger partial charge in [-0.1, -0.05) is 54.6 Å². The van der Waals surface area contributed by atoms with Gasteiger partial charge in [0.05, 0.1) is 18.0 Å². The molecule has 4 rings (SSSR count). The molecule has 0 aliphatic carbocycles. The van der Waals surface area contributed by atoms with Crippen LogP contribution in [0, 0.1) is 5.92 Å². The van der Waals surface area contributed by atoms with Crippen LogP contribution < -0.4 is 16.1 Å². The summed E-state index contributed by atoms with van der Waals surface area (Å²) in [5.41, 5.74) is 4.42. The Morgan fingerprint density at radius 2 is 1.68 bits per heavy atom. The summed E-state index contributed by atoms with van der Waals surface area (Å²) in [6.07, 6.45) is 2.86. The zero-order valence-electron chi connectivity index (χ0n) is 19.1. The van der Waals surface area contributed by atoms with Gasteiger partial charge >= 0.3 is 0 Å². The highest BCUT2D eigenvalue weighted by molar-refractivity contribution is 5.96. The minimum absolute atomic E-state index is 0.120. The first-order valence-corrected chi connectivity index (χ1v) is 11.5. The Bertz CT molecular complexity index is 1060. The van der Waals surface area contributed by atoms with Gasteiger partial charge in [0.2, 0.25) is 5.91 Å². The number of carbonyl (C=O) groups is 3. The van der Waals surface area contributed by atoms with Crippen molar-refractivity contribution in [3.05, 3.63) is 77.9 Å². The number of benzene rings is 2. The molecule has 0 radical (unpaired) electrons. The minimum Gasteiger partial charge on any atom is -0.337 e. The lowest BCUT2D eigenvalue weighted by molar-refractivity contribution is -0.140. The Balaban J connectivity index is 1.47. The SMILES string of the molecule is CN(C(=O)c1ccccc1)C1CN[C@H](C(=O)C2CC(c3ccccc3)=CCN2)[C@@H](C(=O)NO)C1. The number of nitrogens with one attached hydrogen (secondary N) is 3. The maximum Gasteiger partial charge on any atom is 0.253 e. The first kappa shape index (κ1) is 23.8. The molecule has 2 unspecified atom stereocenters. The highest BCUT2D eigenvalue weighted by Crippen LogP contribution is 2.27. The number of hydrogen-bond acceptors (Lipinski definition) is 6. The van der Waals surface area contributed by atoms with Gasteiger partial charge in [-0.3, -0.25) is 19.6 Å². The molecule has 0 aromatic heterocycles. The maximum atomic E-state index is 13.5. The number of rotatable bonds is 6. The van der Waals surface area contributed by atoms with Crippen molar-refractivity contribution in [1.82, 2.24) is 21.0 Å². The second-order valence-electron chi connectivity index (χ2n) is 8.80. The normalized spacial score (nSPS) is 24.6. The maximum absolute atomic E-state index is 13.5. The van der Waals surface area contributed by atoms with E-state index in [1.807, 2.05) is 36.4 Å². The van der Waals surface area contributed by atoms with Crippen LogP contribution in [-0.2, 0) is 9.59 Å². The number of likely N-dealkylation sites (N-methyl/N-ethyl adjacent to an activating group) is 1. The van der Waals surface area contributed by atoms with E-state index in [0.717, 1.165) is 11.1 Å². The molecule has 4 N–H and O–H groups in total. The van der Waals surface area contributed by atoms with Crippen LogP contribution in [0.5, 0.6) is 0 Å². The van der Waals surface area contributed by atoms with Gasteiger partial charge in [-0.15, -0.1) is 0 Å². The van der Waals surface area contributed by atoms with E-state index < -0.39 is 23.9 Å². The fourth-order valence-corrected chi connectivity index (χ4v) is 4.81. The van der Waals surface area contributed by atoms with Gasteiger partial charge in [0.25, 0.3) is 5.91 Å². The fourth-order valence-electron chi connectivity index (χ4n) is 4.81. The molecular weight excluding hydrogens is 432 g/mol. The molecule has 178 valence electrons. The molecule has 34 heavy (non-hydrogen) atoms. The molecule has 2 heterocycles. The number of ketones is 1. The van der Waals surface area contributed by atoms with E-state index in [1.165, 1.54) is 0 Å². The Kier molecular flexibility index (Phi) is 7.52. The molecule has 2 aromatic rings. The third kappa shape index (κ3) is 5.09. The van der Waals surface area contributed by atoms with Crippen molar-refractivity contribution < 1.29 is 19.6 Å². The van der Waals surface area contributed by atoms with Crippen molar-refractivity contribution >= 4 is 23.2 Å². The number of piperidine rings is 1. The second kappa shape index (κ2) is 10.7. The van der Waals surface area contributed by atoms with Gasteiger partial charge in [-0.05, 0) is 36.1 Å². The third-order valence-electron chi connectivity index (χ3n) is 6.77. The van der Waals surface area contributed by atoms with Gasteiger partial charge in [0, 0.05) is 31.7 Å². The topological polar surface area (TPSA) is 111 Å². The van der Waals surface area contributed by atoms with Crippen LogP contribution in [0.3, 0.4) is 0 Å². The highest BCUT2D eigenvalue weighted by atomic mass is 16.5.